The van der Waals surface area contributed by atoms with Gasteiger partial charge in [-0.1, -0.05) is 11.6 Å². The summed E-state index contributed by atoms with van der Waals surface area (Å²) in [5.41, 5.74) is 2.90. The maximum Gasteiger partial charge on any atom is 0.265 e. The van der Waals surface area contributed by atoms with E-state index >= 15 is 0 Å². The molecular weight excluding hydrogens is 578 g/mol. The van der Waals surface area contributed by atoms with E-state index < -0.39 is 22.5 Å². The maximum absolute atomic E-state index is 13.9. The van der Waals surface area contributed by atoms with E-state index in [0.717, 1.165) is 4.31 Å². The molecule has 0 unspecified atom stereocenters. The Kier molecular flexibility index (Phi) is 10.5. The zero-order valence-electron chi connectivity index (χ0n) is 23.3. The van der Waals surface area contributed by atoms with Gasteiger partial charge in [-0.05, 0) is 42.5 Å². The second-order valence-corrected chi connectivity index (χ2v) is 10.4. The molecule has 0 bridgehead atoms. The van der Waals surface area contributed by atoms with Gasteiger partial charge in [0.15, 0.2) is 23.0 Å². The highest BCUT2D eigenvalue weighted by Gasteiger charge is 2.30. The summed E-state index contributed by atoms with van der Waals surface area (Å²) in [5.74, 6) is 1.11. The van der Waals surface area contributed by atoms with Crippen molar-refractivity contribution in [3.05, 3.63) is 59.1 Å². The standard InChI is InChI=1S/C27H30ClN3O9S/c1-35-21-9-7-18(28)13-20(21)31(41(33,34)19-8-10-22(36-2)23(14-19)37-3)16-26(32)30-29-15-17-11-24(38-4)27(40-6)25(12-17)39-5/h7-15H,16H2,1-6H3,(H,30,32)/b29-15-. The zero-order valence-corrected chi connectivity index (χ0v) is 24.8. The van der Waals surface area contributed by atoms with Crippen LogP contribution in [0.1, 0.15) is 5.56 Å². The third-order valence-electron chi connectivity index (χ3n) is 5.73. The quantitative estimate of drug-likeness (QED) is 0.228. The fourth-order valence-electron chi connectivity index (χ4n) is 3.78. The van der Waals surface area contributed by atoms with Crippen molar-refractivity contribution in [1.29, 1.82) is 0 Å². The first-order valence-corrected chi connectivity index (χ1v) is 13.7. The molecule has 0 spiro atoms. The summed E-state index contributed by atoms with van der Waals surface area (Å²) in [5, 5.41) is 4.20. The van der Waals surface area contributed by atoms with E-state index in [2.05, 4.69) is 10.5 Å². The van der Waals surface area contributed by atoms with Crippen LogP contribution in [0.25, 0.3) is 0 Å². The molecule has 0 atom stereocenters. The van der Waals surface area contributed by atoms with Crippen molar-refractivity contribution in [3.8, 4) is 34.5 Å². The molecule has 0 saturated heterocycles. The van der Waals surface area contributed by atoms with E-state index in [1.165, 1.54) is 85.3 Å². The first-order chi connectivity index (χ1) is 19.6. The van der Waals surface area contributed by atoms with Gasteiger partial charge in [-0.2, -0.15) is 5.10 Å². The largest absolute Gasteiger partial charge is 0.495 e. The van der Waals surface area contributed by atoms with Crippen LogP contribution in [0.15, 0.2) is 58.5 Å². The van der Waals surface area contributed by atoms with Crippen LogP contribution in [-0.4, -0.2) is 69.7 Å². The predicted molar refractivity (Wildman–Crippen MR) is 154 cm³/mol. The number of sulfonamides is 1. The van der Waals surface area contributed by atoms with Crippen molar-refractivity contribution < 1.29 is 41.6 Å². The van der Waals surface area contributed by atoms with Gasteiger partial charge >= 0.3 is 0 Å². The molecule has 1 N–H and O–H groups in total. The van der Waals surface area contributed by atoms with Gasteiger partial charge in [-0.15, -0.1) is 0 Å². The highest BCUT2D eigenvalue weighted by atomic mass is 35.5. The normalized spacial score (nSPS) is 11.1. The minimum atomic E-state index is -4.36. The Labute approximate surface area is 243 Å². The molecule has 0 radical (unpaired) electrons. The highest BCUT2D eigenvalue weighted by molar-refractivity contribution is 7.92. The Bertz CT molecular complexity index is 1510. The number of halogens is 1. The molecule has 1 amide bonds. The van der Waals surface area contributed by atoms with E-state index in [4.69, 9.17) is 40.0 Å². The van der Waals surface area contributed by atoms with Gasteiger partial charge in [0.05, 0.1) is 59.5 Å². The van der Waals surface area contributed by atoms with Gasteiger partial charge in [0.1, 0.15) is 12.3 Å². The van der Waals surface area contributed by atoms with Gasteiger partial charge < -0.3 is 28.4 Å². The Balaban J connectivity index is 1.97. The second kappa shape index (κ2) is 13.8. The molecule has 14 heteroatoms. The Morgan fingerprint density at radius 2 is 1.39 bits per heavy atom. The molecule has 41 heavy (non-hydrogen) atoms. The van der Waals surface area contributed by atoms with Gasteiger partial charge in [-0.25, -0.2) is 13.8 Å². The number of hydrogen-bond donors (Lipinski definition) is 1. The van der Waals surface area contributed by atoms with Gasteiger partial charge in [-0.3, -0.25) is 9.10 Å². The van der Waals surface area contributed by atoms with Crippen molar-refractivity contribution in [3.63, 3.8) is 0 Å². The number of ether oxygens (including phenoxy) is 6. The lowest BCUT2D eigenvalue weighted by atomic mass is 10.2. The molecule has 0 aliphatic rings. The lowest BCUT2D eigenvalue weighted by Gasteiger charge is -2.25. The first kappa shape index (κ1) is 31.2. The van der Waals surface area contributed by atoms with E-state index in [1.807, 2.05) is 0 Å². The van der Waals surface area contributed by atoms with Crippen molar-refractivity contribution in [2.45, 2.75) is 4.90 Å². The monoisotopic (exact) mass is 607 g/mol. The Morgan fingerprint density at radius 3 is 1.95 bits per heavy atom. The van der Waals surface area contributed by atoms with Crippen LogP contribution in [0.2, 0.25) is 5.02 Å². The summed E-state index contributed by atoms with van der Waals surface area (Å²) >= 11 is 6.19. The number of benzene rings is 3. The zero-order chi connectivity index (χ0) is 30.2. The number of rotatable bonds is 13. The number of hydrazone groups is 1. The lowest BCUT2D eigenvalue weighted by molar-refractivity contribution is -0.119. The number of hydrogen-bond acceptors (Lipinski definition) is 10. The predicted octanol–water partition coefficient (Wildman–Crippen LogP) is 3.74. The molecule has 0 heterocycles. The van der Waals surface area contributed by atoms with Crippen molar-refractivity contribution >= 4 is 39.4 Å². The second-order valence-electron chi connectivity index (χ2n) is 8.10. The number of carbonyl (C=O) groups excluding carboxylic acids is 1. The van der Waals surface area contributed by atoms with E-state index in [0.29, 0.717) is 28.6 Å². The molecule has 12 nitrogen and oxygen atoms in total. The number of nitrogens with one attached hydrogen (secondary N) is 1. The first-order valence-electron chi connectivity index (χ1n) is 11.8. The third-order valence-corrected chi connectivity index (χ3v) is 7.72. The lowest BCUT2D eigenvalue weighted by Crippen LogP contribution is -2.39. The third kappa shape index (κ3) is 7.05. The molecule has 3 aromatic carbocycles. The van der Waals surface area contributed by atoms with Crippen LogP contribution in [-0.2, 0) is 14.8 Å². The molecule has 3 aromatic rings. The molecule has 0 aliphatic heterocycles. The van der Waals surface area contributed by atoms with Crippen LogP contribution < -0.4 is 38.2 Å². The number of carbonyl (C=O) groups is 1. The van der Waals surface area contributed by atoms with Crippen LogP contribution in [0.5, 0.6) is 34.5 Å². The molecule has 0 aliphatic carbocycles. The Hall–Kier alpha value is -4.36. The molecule has 3 rings (SSSR count). The highest BCUT2D eigenvalue weighted by Crippen LogP contribution is 2.38. The van der Waals surface area contributed by atoms with E-state index in [-0.39, 0.29) is 27.1 Å². The summed E-state index contributed by atoms with van der Waals surface area (Å²) in [6.45, 7) is -0.667. The fourth-order valence-corrected chi connectivity index (χ4v) is 5.39. The molecule has 0 aromatic heterocycles. The fraction of sp³-hybridized carbons (Fsp3) is 0.259. The molecule has 0 fully saturated rings. The van der Waals surface area contributed by atoms with E-state index in [1.54, 1.807) is 12.1 Å². The minimum Gasteiger partial charge on any atom is -0.495 e. The van der Waals surface area contributed by atoms with Gasteiger partial charge in [0.2, 0.25) is 5.75 Å². The van der Waals surface area contributed by atoms with Crippen molar-refractivity contribution in [2.24, 2.45) is 5.10 Å². The topological polar surface area (TPSA) is 134 Å². The summed E-state index contributed by atoms with van der Waals surface area (Å²) in [4.78, 5) is 12.9. The number of nitrogens with zero attached hydrogens (tertiary/aromatic N) is 2. The number of amides is 1. The molecule has 220 valence electrons. The average Bonchev–Trinajstić information content (AvgIpc) is 2.98. The van der Waals surface area contributed by atoms with Crippen molar-refractivity contribution in [2.75, 3.05) is 53.5 Å². The summed E-state index contributed by atoms with van der Waals surface area (Å²) in [6, 6.07) is 11.7. The minimum absolute atomic E-state index is 0.0403. The van der Waals surface area contributed by atoms with Crippen molar-refractivity contribution in [1.82, 2.24) is 5.43 Å². The van der Waals surface area contributed by atoms with Gasteiger partial charge in [0.25, 0.3) is 15.9 Å². The van der Waals surface area contributed by atoms with E-state index in [9.17, 15) is 13.2 Å². The Morgan fingerprint density at radius 1 is 0.805 bits per heavy atom. The van der Waals surface area contributed by atoms with Crippen LogP contribution in [0.3, 0.4) is 0 Å². The van der Waals surface area contributed by atoms with Crippen LogP contribution in [0.4, 0.5) is 5.69 Å². The van der Waals surface area contributed by atoms with Crippen LogP contribution in [0, 0.1) is 0 Å². The average molecular weight is 608 g/mol. The molecular formula is C27H30ClN3O9S. The molecule has 0 saturated carbocycles. The smallest absolute Gasteiger partial charge is 0.265 e. The number of anilines is 1. The summed E-state index contributed by atoms with van der Waals surface area (Å²) in [7, 11) is 4.24. The van der Waals surface area contributed by atoms with Gasteiger partial charge in [0, 0.05) is 16.7 Å². The number of methoxy groups -OCH3 is 6. The SMILES string of the molecule is COc1ccc(S(=O)(=O)N(CC(=O)N/N=C\c2cc(OC)c(OC)c(OC)c2)c2cc(Cl)ccc2OC)cc1OC. The maximum atomic E-state index is 13.9. The van der Waals surface area contributed by atoms with Crippen LogP contribution >= 0.6 is 11.6 Å². The summed E-state index contributed by atoms with van der Waals surface area (Å²) < 4.78 is 60.4. The summed E-state index contributed by atoms with van der Waals surface area (Å²) in [6.07, 6.45) is 1.34.